The van der Waals surface area contributed by atoms with Crippen molar-refractivity contribution in [3.63, 3.8) is 0 Å². The fourth-order valence-corrected chi connectivity index (χ4v) is 2.40. The third-order valence-electron chi connectivity index (χ3n) is 3.33. The Labute approximate surface area is 105 Å². The lowest BCUT2D eigenvalue weighted by molar-refractivity contribution is -0.132. The van der Waals surface area contributed by atoms with Gasteiger partial charge in [0, 0.05) is 26.2 Å². The van der Waals surface area contributed by atoms with Crippen LogP contribution in [0.2, 0.25) is 0 Å². The van der Waals surface area contributed by atoms with Crippen molar-refractivity contribution in [1.29, 1.82) is 0 Å². The van der Waals surface area contributed by atoms with Crippen LogP contribution in [0.4, 0.5) is 0 Å². The van der Waals surface area contributed by atoms with E-state index in [2.05, 4.69) is 18.7 Å². The third kappa shape index (κ3) is 4.64. The van der Waals surface area contributed by atoms with Crippen LogP contribution in [0.1, 0.15) is 33.1 Å². The highest BCUT2D eigenvalue weighted by atomic mass is 16.3. The average Bonchev–Trinajstić information content (AvgIpc) is 2.76. The van der Waals surface area contributed by atoms with Gasteiger partial charge in [0.05, 0.1) is 6.54 Å². The Balaban J connectivity index is 2.36. The lowest BCUT2D eigenvalue weighted by Gasteiger charge is -2.24. The minimum Gasteiger partial charge on any atom is -0.396 e. The molecule has 1 heterocycles. The average molecular weight is 242 g/mol. The Morgan fingerprint density at radius 3 is 2.47 bits per heavy atom. The number of hydrogen-bond acceptors (Lipinski definition) is 3. The van der Waals surface area contributed by atoms with Gasteiger partial charge in [0.25, 0.3) is 0 Å². The molecule has 0 aromatic carbocycles. The maximum absolute atomic E-state index is 12.1. The van der Waals surface area contributed by atoms with Gasteiger partial charge in [0.2, 0.25) is 5.91 Å². The fourth-order valence-electron chi connectivity index (χ4n) is 2.40. The van der Waals surface area contributed by atoms with Crippen molar-refractivity contribution in [3.05, 3.63) is 0 Å². The first kappa shape index (κ1) is 14.5. The van der Waals surface area contributed by atoms with Crippen molar-refractivity contribution in [1.82, 2.24) is 9.80 Å². The van der Waals surface area contributed by atoms with Gasteiger partial charge in [0.1, 0.15) is 0 Å². The molecule has 0 aromatic heterocycles. The molecule has 0 spiro atoms. The zero-order valence-electron chi connectivity index (χ0n) is 11.2. The molecular weight excluding hydrogens is 216 g/mol. The van der Waals surface area contributed by atoms with Gasteiger partial charge in [-0.3, -0.25) is 9.69 Å². The largest absolute Gasteiger partial charge is 0.396 e. The molecule has 0 bridgehead atoms. The van der Waals surface area contributed by atoms with E-state index < -0.39 is 0 Å². The predicted molar refractivity (Wildman–Crippen MR) is 68.8 cm³/mol. The maximum Gasteiger partial charge on any atom is 0.236 e. The molecule has 0 saturated carbocycles. The Morgan fingerprint density at radius 2 is 2.00 bits per heavy atom. The summed E-state index contributed by atoms with van der Waals surface area (Å²) in [4.78, 5) is 16.2. The molecule has 0 aromatic rings. The van der Waals surface area contributed by atoms with Crippen molar-refractivity contribution in [2.75, 3.05) is 39.3 Å². The minimum atomic E-state index is 0.243. The van der Waals surface area contributed by atoms with E-state index in [9.17, 15) is 4.79 Å². The molecule has 1 amide bonds. The molecule has 1 aliphatic rings. The predicted octanol–water partition coefficient (Wildman–Crippen LogP) is 0.949. The monoisotopic (exact) mass is 242 g/mol. The van der Waals surface area contributed by atoms with Crippen LogP contribution in [-0.4, -0.2) is 60.1 Å². The molecule has 1 unspecified atom stereocenters. The zero-order chi connectivity index (χ0) is 12.7. The first-order chi connectivity index (χ1) is 8.21. The molecule has 1 atom stereocenters. The van der Waals surface area contributed by atoms with Gasteiger partial charge in [-0.1, -0.05) is 13.8 Å². The summed E-state index contributed by atoms with van der Waals surface area (Å²) in [6.07, 6.45) is 3.06. The van der Waals surface area contributed by atoms with E-state index in [0.29, 0.717) is 12.5 Å². The number of amides is 1. The Hall–Kier alpha value is -0.610. The summed E-state index contributed by atoms with van der Waals surface area (Å²) in [5.74, 6) is 0.612. The lowest BCUT2D eigenvalue weighted by atomic mass is 10.1. The molecular formula is C13H26N2O2. The van der Waals surface area contributed by atoms with E-state index in [-0.39, 0.29) is 12.5 Å². The fraction of sp³-hybridized carbons (Fsp3) is 0.923. The van der Waals surface area contributed by atoms with Crippen molar-refractivity contribution in [2.24, 2.45) is 5.92 Å². The number of aliphatic hydroxyl groups is 1. The molecule has 4 nitrogen and oxygen atoms in total. The quantitative estimate of drug-likeness (QED) is 0.723. The van der Waals surface area contributed by atoms with E-state index in [4.69, 9.17) is 5.11 Å². The molecule has 1 fully saturated rings. The van der Waals surface area contributed by atoms with Crippen LogP contribution < -0.4 is 0 Å². The van der Waals surface area contributed by atoms with Crippen LogP contribution in [0.3, 0.4) is 0 Å². The second kappa shape index (κ2) is 7.67. The Bertz CT molecular complexity index is 227. The minimum absolute atomic E-state index is 0.243. The van der Waals surface area contributed by atoms with Crippen molar-refractivity contribution >= 4 is 5.91 Å². The van der Waals surface area contributed by atoms with E-state index in [1.165, 1.54) is 0 Å². The van der Waals surface area contributed by atoms with Gasteiger partial charge in [-0.05, 0) is 31.7 Å². The second-order valence-electron chi connectivity index (χ2n) is 4.95. The zero-order valence-corrected chi connectivity index (χ0v) is 11.2. The van der Waals surface area contributed by atoms with E-state index in [0.717, 1.165) is 45.4 Å². The van der Waals surface area contributed by atoms with Crippen molar-refractivity contribution < 1.29 is 9.90 Å². The number of aliphatic hydroxyl groups excluding tert-OH is 1. The first-order valence-corrected chi connectivity index (χ1v) is 6.82. The summed E-state index contributed by atoms with van der Waals surface area (Å²) in [5.41, 5.74) is 0. The van der Waals surface area contributed by atoms with Crippen LogP contribution in [-0.2, 0) is 4.79 Å². The molecule has 100 valence electrons. The summed E-state index contributed by atoms with van der Waals surface area (Å²) in [7, 11) is 0. The molecule has 0 radical (unpaired) electrons. The van der Waals surface area contributed by atoms with Crippen molar-refractivity contribution in [2.45, 2.75) is 33.1 Å². The standard InChI is InChI=1S/C13H26N2O2/c1-3-6-15(7-4-2)13(17)10-14-8-5-12(9-14)11-16/h12,16H,3-11H2,1-2H3. The summed E-state index contributed by atoms with van der Waals surface area (Å²) < 4.78 is 0. The van der Waals surface area contributed by atoms with Gasteiger partial charge in [-0.2, -0.15) is 0 Å². The highest BCUT2D eigenvalue weighted by Gasteiger charge is 2.24. The van der Waals surface area contributed by atoms with Crippen LogP contribution >= 0.6 is 0 Å². The van der Waals surface area contributed by atoms with Crippen LogP contribution in [0.25, 0.3) is 0 Å². The molecule has 1 aliphatic heterocycles. The third-order valence-corrected chi connectivity index (χ3v) is 3.33. The van der Waals surface area contributed by atoms with Gasteiger partial charge in [-0.15, -0.1) is 0 Å². The summed E-state index contributed by atoms with van der Waals surface area (Å²) in [6, 6.07) is 0. The SMILES string of the molecule is CCCN(CCC)C(=O)CN1CCC(CO)C1. The smallest absolute Gasteiger partial charge is 0.236 e. The van der Waals surface area contributed by atoms with Crippen LogP contribution in [0.15, 0.2) is 0 Å². The maximum atomic E-state index is 12.1. The molecule has 1 rings (SSSR count). The van der Waals surface area contributed by atoms with Gasteiger partial charge in [0.15, 0.2) is 0 Å². The number of likely N-dealkylation sites (tertiary alicyclic amines) is 1. The van der Waals surface area contributed by atoms with E-state index in [1.54, 1.807) is 0 Å². The van der Waals surface area contributed by atoms with Crippen molar-refractivity contribution in [3.8, 4) is 0 Å². The molecule has 1 N–H and O–H groups in total. The lowest BCUT2D eigenvalue weighted by Crippen LogP contribution is -2.40. The summed E-state index contributed by atoms with van der Waals surface area (Å²) in [5, 5.41) is 9.07. The molecule has 17 heavy (non-hydrogen) atoms. The number of carbonyl (C=O) groups excluding carboxylic acids is 1. The normalized spacial score (nSPS) is 20.8. The highest BCUT2D eigenvalue weighted by Crippen LogP contribution is 2.15. The Morgan fingerprint density at radius 1 is 1.35 bits per heavy atom. The van der Waals surface area contributed by atoms with E-state index in [1.807, 2.05) is 4.90 Å². The molecule has 4 heteroatoms. The first-order valence-electron chi connectivity index (χ1n) is 6.82. The molecule has 1 saturated heterocycles. The number of rotatable bonds is 7. The summed E-state index contributed by atoms with van der Waals surface area (Å²) >= 11 is 0. The van der Waals surface area contributed by atoms with Gasteiger partial charge >= 0.3 is 0 Å². The highest BCUT2D eigenvalue weighted by molar-refractivity contribution is 5.78. The topological polar surface area (TPSA) is 43.8 Å². The number of carbonyl (C=O) groups is 1. The number of hydrogen-bond donors (Lipinski definition) is 1. The Kier molecular flexibility index (Phi) is 6.52. The molecule has 0 aliphatic carbocycles. The van der Waals surface area contributed by atoms with Crippen LogP contribution in [0.5, 0.6) is 0 Å². The van der Waals surface area contributed by atoms with E-state index >= 15 is 0 Å². The number of nitrogens with zero attached hydrogens (tertiary/aromatic N) is 2. The second-order valence-corrected chi connectivity index (χ2v) is 4.95. The summed E-state index contributed by atoms with van der Waals surface area (Å²) in [6.45, 7) is 8.53. The van der Waals surface area contributed by atoms with Crippen LogP contribution in [0, 0.1) is 5.92 Å². The van der Waals surface area contributed by atoms with Gasteiger partial charge in [-0.25, -0.2) is 0 Å². The van der Waals surface area contributed by atoms with Gasteiger partial charge < -0.3 is 10.0 Å².